The minimum Gasteiger partial charge on any atom is -0.481 e. The Bertz CT molecular complexity index is 538. The number of likely N-dealkylation sites (tertiary alicyclic amines) is 1. The molecule has 0 bridgehead atoms. The molecule has 6 nitrogen and oxygen atoms in total. The normalized spacial score (nSPS) is 31.0. The topological polar surface area (TPSA) is 77.9 Å². The molecule has 6 heteroatoms. The maximum atomic E-state index is 13.0. The molecule has 2 aliphatic carbocycles. The van der Waals surface area contributed by atoms with Gasteiger partial charge >= 0.3 is 5.97 Å². The summed E-state index contributed by atoms with van der Waals surface area (Å²) in [6.45, 7) is 4.66. The van der Waals surface area contributed by atoms with Crippen molar-refractivity contribution in [3.63, 3.8) is 0 Å². The number of carboxylic acid groups (broad SMARTS) is 1. The second-order valence-corrected chi connectivity index (χ2v) is 8.32. The van der Waals surface area contributed by atoms with E-state index in [1.54, 1.807) is 11.8 Å². The highest BCUT2D eigenvalue weighted by molar-refractivity contribution is 5.90. The van der Waals surface area contributed by atoms with Gasteiger partial charge in [-0.05, 0) is 44.4 Å². The Labute approximate surface area is 149 Å². The third-order valence-corrected chi connectivity index (χ3v) is 6.10. The van der Waals surface area contributed by atoms with Crippen molar-refractivity contribution in [1.82, 2.24) is 9.80 Å². The molecule has 2 amide bonds. The van der Waals surface area contributed by atoms with Gasteiger partial charge in [-0.25, -0.2) is 0 Å². The SMILES string of the molecule is CC1CCC(N2CC(C(=O)N(CC(C)C(=O)O)C3CC3)CC2=O)CC1. The Balaban J connectivity index is 1.61. The summed E-state index contributed by atoms with van der Waals surface area (Å²) in [4.78, 5) is 40.3. The van der Waals surface area contributed by atoms with Crippen molar-refractivity contribution in [3.05, 3.63) is 0 Å². The van der Waals surface area contributed by atoms with Crippen LogP contribution in [0.3, 0.4) is 0 Å². The van der Waals surface area contributed by atoms with Gasteiger partial charge in [0.15, 0.2) is 0 Å². The maximum absolute atomic E-state index is 13.0. The lowest BCUT2D eigenvalue weighted by Gasteiger charge is -2.34. The first kappa shape index (κ1) is 18.2. The monoisotopic (exact) mass is 350 g/mol. The van der Waals surface area contributed by atoms with Crippen LogP contribution in [0.1, 0.15) is 58.8 Å². The van der Waals surface area contributed by atoms with Crippen molar-refractivity contribution in [2.45, 2.75) is 70.9 Å². The Morgan fingerprint density at radius 2 is 1.84 bits per heavy atom. The molecule has 0 radical (unpaired) electrons. The van der Waals surface area contributed by atoms with Crippen molar-refractivity contribution in [3.8, 4) is 0 Å². The summed E-state index contributed by atoms with van der Waals surface area (Å²) in [5.74, 6) is -0.935. The van der Waals surface area contributed by atoms with Crippen LogP contribution in [0.15, 0.2) is 0 Å². The van der Waals surface area contributed by atoms with Crippen LogP contribution in [0.25, 0.3) is 0 Å². The Morgan fingerprint density at radius 3 is 2.40 bits per heavy atom. The molecule has 0 spiro atoms. The van der Waals surface area contributed by atoms with Crippen molar-refractivity contribution in [1.29, 1.82) is 0 Å². The third-order valence-electron chi connectivity index (χ3n) is 6.10. The molecule has 1 N–H and O–H groups in total. The van der Waals surface area contributed by atoms with Crippen molar-refractivity contribution < 1.29 is 19.5 Å². The van der Waals surface area contributed by atoms with Gasteiger partial charge in [-0.2, -0.15) is 0 Å². The lowest BCUT2D eigenvalue weighted by Crippen LogP contribution is -2.43. The van der Waals surface area contributed by atoms with E-state index in [2.05, 4.69) is 6.92 Å². The van der Waals surface area contributed by atoms with Crippen LogP contribution in [0.2, 0.25) is 0 Å². The maximum Gasteiger partial charge on any atom is 0.308 e. The van der Waals surface area contributed by atoms with Crippen LogP contribution in [-0.4, -0.2) is 57.9 Å². The van der Waals surface area contributed by atoms with Gasteiger partial charge in [0.1, 0.15) is 0 Å². The second kappa shape index (κ2) is 7.34. The number of nitrogens with zero attached hydrogens (tertiary/aromatic N) is 2. The minimum atomic E-state index is -0.876. The molecule has 0 aromatic heterocycles. The minimum absolute atomic E-state index is 0.0179. The van der Waals surface area contributed by atoms with E-state index < -0.39 is 11.9 Å². The standard InChI is InChI=1S/C19H30N2O4/c1-12-3-5-15(6-4-12)20-11-14(9-17(20)22)18(23)21(16-7-8-16)10-13(2)19(24)25/h12-16H,3-11H2,1-2H3,(H,24,25). The van der Waals surface area contributed by atoms with Gasteiger partial charge in [0, 0.05) is 31.6 Å². The fourth-order valence-corrected chi connectivity index (χ4v) is 4.22. The molecule has 0 aromatic rings. The van der Waals surface area contributed by atoms with E-state index in [1.165, 1.54) is 0 Å². The van der Waals surface area contributed by atoms with Gasteiger partial charge in [0.25, 0.3) is 0 Å². The highest BCUT2D eigenvalue weighted by atomic mass is 16.4. The first-order chi connectivity index (χ1) is 11.9. The number of hydrogen-bond acceptors (Lipinski definition) is 3. The highest BCUT2D eigenvalue weighted by Crippen LogP contribution is 2.34. The van der Waals surface area contributed by atoms with Crippen molar-refractivity contribution in [2.75, 3.05) is 13.1 Å². The van der Waals surface area contributed by atoms with Crippen LogP contribution < -0.4 is 0 Å². The van der Waals surface area contributed by atoms with Crippen LogP contribution in [0.5, 0.6) is 0 Å². The smallest absolute Gasteiger partial charge is 0.308 e. The quantitative estimate of drug-likeness (QED) is 0.796. The number of aliphatic carboxylic acids is 1. The van der Waals surface area contributed by atoms with Crippen LogP contribution in [0.4, 0.5) is 0 Å². The Morgan fingerprint density at radius 1 is 1.20 bits per heavy atom. The molecule has 0 aromatic carbocycles. The summed E-state index contributed by atoms with van der Waals surface area (Å²) in [6.07, 6.45) is 6.56. The molecule has 140 valence electrons. The molecule has 1 saturated heterocycles. The third kappa shape index (κ3) is 4.15. The number of hydrogen-bond donors (Lipinski definition) is 1. The van der Waals surface area contributed by atoms with Crippen molar-refractivity contribution in [2.24, 2.45) is 17.8 Å². The zero-order chi connectivity index (χ0) is 18.1. The summed E-state index contributed by atoms with van der Waals surface area (Å²) in [5, 5.41) is 9.16. The van der Waals surface area contributed by atoms with E-state index in [4.69, 9.17) is 5.11 Å². The summed E-state index contributed by atoms with van der Waals surface area (Å²) in [6, 6.07) is 0.461. The summed E-state index contributed by atoms with van der Waals surface area (Å²) in [7, 11) is 0. The van der Waals surface area contributed by atoms with E-state index in [1.807, 2.05) is 4.90 Å². The van der Waals surface area contributed by atoms with E-state index in [-0.39, 0.29) is 42.8 Å². The van der Waals surface area contributed by atoms with Crippen molar-refractivity contribution >= 4 is 17.8 Å². The fraction of sp³-hybridized carbons (Fsp3) is 0.842. The largest absolute Gasteiger partial charge is 0.481 e. The fourth-order valence-electron chi connectivity index (χ4n) is 4.22. The molecule has 3 fully saturated rings. The number of carboxylic acids is 1. The molecule has 2 unspecified atom stereocenters. The second-order valence-electron chi connectivity index (χ2n) is 8.32. The lowest BCUT2D eigenvalue weighted by molar-refractivity contribution is -0.144. The van der Waals surface area contributed by atoms with Gasteiger partial charge in [-0.15, -0.1) is 0 Å². The highest BCUT2D eigenvalue weighted by Gasteiger charge is 2.43. The zero-order valence-corrected chi connectivity index (χ0v) is 15.3. The van der Waals surface area contributed by atoms with Gasteiger partial charge in [-0.3, -0.25) is 14.4 Å². The first-order valence-electron chi connectivity index (χ1n) is 9.69. The summed E-state index contributed by atoms with van der Waals surface area (Å²) >= 11 is 0. The zero-order valence-electron chi connectivity index (χ0n) is 15.3. The number of carbonyl (C=O) groups is 3. The first-order valence-corrected chi connectivity index (χ1v) is 9.69. The van der Waals surface area contributed by atoms with E-state index in [0.717, 1.165) is 44.4 Å². The van der Waals surface area contributed by atoms with Crippen LogP contribution >= 0.6 is 0 Å². The predicted octanol–water partition coefficient (Wildman–Crippen LogP) is 2.13. The molecule has 1 aliphatic heterocycles. The lowest BCUT2D eigenvalue weighted by atomic mass is 9.86. The van der Waals surface area contributed by atoms with Gasteiger partial charge in [0.2, 0.25) is 11.8 Å². The van der Waals surface area contributed by atoms with E-state index in [9.17, 15) is 14.4 Å². The van der Waals surface area contributed by atoms with E-state index in [0.29, 0.717) is 6.54 Å². The summed E-state index contributed by atoms with van der Waals surface area (Å²) < 4.78 is 0. The molecular weight excluding hydrogens is 320 g/mol. The Hall–Kier alpha value is -1.59. The van der Waals surface area contributed by atoms with E-state index >= 15 is 0 Å². The predicted molar refractivity (Wildman–Crippen MR) is 92.8 cm³/mol. The van der Waals surface area contributed by atoms with Gasteiger partial charge in [-0.1, -0.05) is 13.8 Å². The molecule has 3 aliphatic rings. The summed E-state index contributed by atoms with van der Waals surface area (Å²) in [5.41, 5.74) is 0. The average Bonchev–Trinajstić information content (AvgIpc) is 3.34. The molecule has 1 heterocycles. The molecule has 3 rings (SSSR count). The van der Waals surface area contributed by atoms with Gasteiger partial charge in [0.05, 0.1) is 11.8 Å². The average molecular weight is 350 g/mol. The number of carbonyl (C=O) groups excluding carboxylic acids is 2. The number of amides is 2. The molecule has 2 atom stereocenters. The molecular formula is C19H30N2O4. The number of rotatable bonds is 6. The Kier molecular flexibility index (Phi) is 5.35. The van der Waals surface area contributed by atoms with Gasteiger partial charge < -0.3 is 14.9 Å². The van der Waals surface area contributed by atoms with Crippen LogP contribution in [0, 0.1) is 17.8 Å². The molecule has 2 saturated carbocycles. The van der Waals surface area contributed by atoms with Crippen LogP contribution in [-0.2, 0) is 14.4 Å². The molecule has 25 heavy (non-hydrogen) atoms.